The van der Waals surface area contributed by atoms with Gasteiger partial charge in [0.25, 0.3) is 0 Å². The third-order valence-electron chi connectivity index (χ3n) is 3.24. The maximum absolute atomic E-state index is 13.7. The largest absolute Gasteiger partial charge is 0.320 e. The Balaban J connectivity index is 2.14. The third kappa shape index (κ3) is 2.42. The van der Waals surface area contributed by atoms with Gasteiger partial charge in [-0.3, -0.25) is 0 Å². The summed E-state index contributed by atoms with van der Waals surface area (Å²) in [6.45, 7) is 4.81. The van der Waals surface area contributed by atoms with Crippen LogP contribution < -0.4 is 5.73 Å². The van der Waals surface area contributed by atoms with Crippen molar-refractivity contribution in [1.82, 2.24) is 4.90 Å². The molecule has 88 valence electrons. The van der Waals surface area contributed by atoms with Gasteiger partial charge in [-0.1, -0.05) is 18.2 Å². The van der Waals surface area contributed by atoms with E-state index < -0.39 is 5.54 Å². The highest BCUT2D eigenvalue weighted by atomic mass is 19.1. The highest BCUT2D eigenvalue weighted by Crippen LogP contribution is 2.23. The van der Waals surface area contributed by atoms with E-state index in [0.717, 1.165) is 19.6 Å². The zero-order chi connectivity index (χ0) is 11.6. The van der Waals surface area contributed by atoms with E-state index in [2.05, 4.69) is 4.90 Å². The molecule has 0 spiro atoms. The fraction of sp³-hybridized carbons (Fsp3) is 0.538. The summed E-state index contributed by atoms with van der Waals surface area (Å²) >= 11 is 0. The Bertz CT molecular complexity index is 357. The van der Waals surface area contributed by atoms with Gasteiger partial charge in [0.15, 0.2) is 0 Å². The van der Waals surface area contributed by atoms with Crippen molar-refractivity contribution in [3.05, 3.63) is 35.6 Å². The lowest BCUT2D eigenvalue weighted by Crippen LogP contribution is -2.45. The Kier molecular flexibility index (Phi) is 3.26. The Labute approximate surface area is 96.2 Å². The van der Waals surface area contributed by atoms with Gasteiger partial charge in [0.1, 0.15) is 5.82 Å². The SMILES string of the molecule is CC(N)(CN1CCCC1)c1ccccc1F. The number of halogens is 1. The van der Waals surface area contributed by atoms with Crippen LogP contribution >= 0.6 is 0 Å². The molecule has 3 heteroatoms. The lowest BCUT2D eigenvalue weighted by molar-refractivity contribution is 0.256. The second kappa shape index (κ2) is 4.52. The molecule has 0 aliphatic carbocycles. The van der Waals surface area contributed by atoms with Crippen LogP contribution in [0, 0.1) is 5.82 Å². The van der Waals surface area contributed by atoms with Crippen LogP contribution in [0.3, 0.4) is 0 Å². The van der Waals surface area contributed by atoms with Gasteiger partial charge in [-0.25, -0.2) is 4.39 Å². The van der Waals surface area contributed by atoms with Crippen LogP contribution in [0.15, 0.2) is 24.3 Å². The maximum Gasteiger partial charge on any atom is 0.128 e. The van der Waals surface area contributed by atoms with E-state index in [4.69, 9.17) is 5.73 Å². The molecule has 2 nitrogen and oxygen atoms in total. The molecule has 0 aromatic heterocycles. The number of hydrogen-bond acceptors (Lipinski definition) is 2. The van der Waals surface area contributed by atoms with E-state index in [-0.39, 0.29) is 5.82 Å². The summed E-state index contributed by atoms with van der Waals surface area (Å²) < 4.78 is 13.7. The molecule has 1 fully saturated rings. The minimum atomic E-state index is -0.602. The van der Waals surface area contributed by atoms with E-state index in [1.54, 1.807) is 12.1 Å². The number of benzene rings is 1. The second-order valence-corrected chi connectivity index (χ2v) is 4.88. The predicted molar refractivity (Wildman–Crippen MR) is 63.6 cm³/mol. The number of nitrogens with zero attached hydrogens (tertiary/aromatic N) is 1. The topological polar surface area (TPSA) is 29.3 Å². The van der Waals surface area contributed by atoms with E-state index in [1.165, 1.54) is 18.9 Å². The van der Waals surface area contributed by atoms with Crippen LogP contribution in [0.25, 0.3) is 0 Å². The fourth-order valence-electron chi connectivity index (χ4n) is 2.41. The molecule has 1 unspecified atom stereocenters. The number of rotatable bonds is 3. The van der Waals surface area contributed by atoms with Gasteiger partial charge >= 0.3 is 0 Å². The van der Waals surface area contributed by atoms with E-state index in [1.807, 2.05) is 13.0 Å². The highest BCUT2D eigenvalue weighted by Gasteiger charge is 2.28. The molecule has 0 amide bonds. The molecule has 1 aliphatic heterocycles. The van der Waals surface area contributed by atoms with Gasteiger partial charge in [-0.05, 0) is 38.9 Å². The Hall–Kier alpha value is -0.930. The summed E-state index contributed by atoms with van der Waals surface area (Å²) in [5.74, 6) is -0.202. The Morgan fingerprint density at radius 2 is 1.94 bits per heavy atom. The summed E-state index contributed by atoms with van der Waals surface area (Å²) in [5.41, 5.74) is 6.25. The van der Waals surface area contributed by atoms with Crippen LogP contribution in [-0.2, 0) is 5.54 Å². The van der Waals surface area contributed by atoms with E-state index >= 15 is 0 Å². The average Bonchev–Trinajstić information content (AvgIpc) is 2.70. The summed E-state index contributed by atoms with van der Waals surface area (Å²) in [7, 11) is 0. The van der Waals surface area contributed by atoms with Gasteiger partial charge in [0.2, 0.25) is 0 Å². The summed E-state index contributed by atoms with van der Waals surface area (Å²) in [6.07, 6.45) is 2.46. The predicted octanol–water partition coefficient (Wildman–Crippen LogP) is 2.10. The Morgan fingerprint density at radius 1 is 1.31 bits per heavy atom. The minimum absolute atomic E-state index is 0.202. The van der Waals surface area contributed by atoms with Crippen molar-refractivity contribution in [3.8, 4) is 0 Å². The second-order valence-electron chi connectivity index (χ2n) is 4.88. The van der Waals surface area contributed by atoms with Crippen molar-refractivity contribution < 1.29 is 4.39 Å². The number of nitrogens with two attached hydrogens (primary N) is 1. The van der Waals surface area contributed by atoms with Gasteiger partial charge in [0.05, 0.1) is 5.54 Å². The molecule has 1 heterocycles. The van der Waals surface area contributed by atoms with Gasteiger partial charge < -0.3 is 10.6 Å². The van der Waals surface area contributed by atoms with E-state index in [9.17, 15) is 4.39 Å². The smallest absolute Gasteiger partial charge is 0.128 e. The first-order valence-corrected chi connectivity index (χ1v) is 5.86. The highest BCUT2D eigenvalue weighted by molar-refractivity contribution is 5.25. The molecule has 16 heavy (non-hydrogen) atoms. The summed E-state index contributed by atoms with van der Waals surface area (Å²) in [6, 6.07) is 6.80. The summed E-state index contributed by atoms with van der Waals surface area (Å²) in [4.78, 5) is 2.31. The first kappa shape index (κ1) is 11.6. The van der Waals surface area contributed by atoms with Crippen LogP contribution in [0.5, 0.6) is 0 Å². The lowest BCUT2D eigenvalue weighted by atomic mass is 9.92. The van der Waals surface area contributed by atoms with Crippen molar-refractivity contribution in [1.29, 1.82) is 0 Å². The lowest BCUT2D eigenvalue weighted by Gasteiger charge is -2.30. The molecule has 2 rings (SSSR count). The maximum atomic E-state index is 13.7. The molecule has 1 saturated heterocycles. The van der Waals surface area contributed by atoms with Crippen molar-refractivity contribution in [2.45, 2.75) is 25.3 Å². The first-order valence-electron chi connectivity index (χ1n) is 5.86. The minimum Gasteiger partial charge on any atom is -0.320 e. The van der Waals surface area contributed by atoms with Crippen LogP contribution in [0.4, 0.5) is 4.39 Å². The van der Waals surface area contributed by atoms with Gasteiger partial charge in [0, 0.05) is 12.1 Å². The monoisotopic (exact) mass is 222 g/mol. The molecule has 0 radical (unpaired) electrons. The standard InChI is InChI=1S/C13H19FN2/c1-13(15,10-16-8-4-5-9-16)11-6-2-3-7-12(11)14/h2-3,6-7H,4-5,8-10,15H2,1H3. The van der Waals surface area contributed by atoms with Crippen molar-refractivity contribution in [2.24, 2.45) is 5.73 Å². The molecule has 2 N–H and O–H groups in total. The van der Waals surface area contributed by atoms with Crippen LogP contribution in [0.2, 0.25) is 0 Å². The van der Waals surface area contributed by atoms with E-state index in [0.29, 0.717) is 5.56 Å². The zero-order valence-electron chi connectivity index (χ0n) is 9.75. The molecule has 1 aromatic rings. The Morgan fingerprint density at radius 3 is 2.56 bits per heavy atom. The van der Waals surface area contributed by atoms with Gasteiger partial charge in [-0.15, -0.1) is 0 Å². The van der Waals surface area contributed by atoms with Crippen molar-refractivity contribution in [2.75, 3.05) is 19.6 Å². The van der Waals surface area contributed by atoms with Crippen LogP contribution in [0.1, 0.15) is 25.3 Å². The van der Waals surface area contributed by atoms with Gasteiger partial charge in [-0.2, -0.15) is 0 Å². The molecule has 1 atom stereocenters. The number of hydrogen-bond donors (Lipinski definition) is 1. The molecule has 1 aromatic carbocycles. The average molecular weight is 222 g/mol. The zero-order valence-corrected chi connectivity index (χ0v) is 9.75. The van der Waals surface area contributed by atoms with Crippen LogP contribution in [-0.4, -0.2) is 24.5 Å². The number of likely N-dealkylation sites (tertiary alicyclic amines) is 1. The molecular weight excluding hydrogens is 203 g/mol. The quantitative estimate of drug-likeness (QED) is 0.848. The van der Waals surface area contributed by atoms with Crippen molar-refractivity contribution >= 4 is 0 Å². The molecular formula is C13H19FN2. The third-order valence-corrected chi connectivity index (χ3v) is 3.24. The molecule has 0 bridgehead atoms. The first-order chi connectivity index (χ1) is 7.59. The fourth-order valence-corrected chi connectivity index (χ4v) is 2.41. The normalized spacial score (nSPS) is 20.9. The van der Waals surface area contributed by atoms with Crippen molar-refractivity contribution in [3.63, 3.8) is 0 Å². The molecule has 1 aliphatic rings. The summed E-state index contributed by atoms with van der Waals surface area (Å²) in [5, 5.41) is 0. The molecule has 0 saturated carbocycles.